The van der Waals surface area contributed by atoms with Crippen molar-refractivity contribution in [1.29, 1.82) is 0 Å². The molecule has 4 nitrogen and oxygen atoms in total. The van der Waals surface area contributed by atoms with Crippen LogP contribution in [0.4, 0.5) is 0 Å². The summed E-state index contributed by atoms with van der Waals surface area (Å²) in [6.07, 6.45) is 39.0. The molecule has 6 aromatic rings. The lowest BCUT2D eigenvalue weighted by Gasteiger charge is -2.19. The van der Waals surface area contributed by atoms with Gasteiger partial charge in [0, 0.05) is 46.5 Å². The molecule has 0 unspecified atom stereocenters. The zero-order valence-corrected chi connectivity index (χ0v) is 40.9. The molecule has 4 aliphatic carbocycles. The van der Waals surface area contributed by atoms with E-state index in [1.165, 1.54) is 66.8 Å². The zero-order chi connectivity index (χ0) is 35.9. The van der Waals surface area contributed by atoms with Crippen molar-refractivity contribution >= 4 is 48.6 Å². The average Bonchev–Trinajstić information content (AvgIpc) is 3.13. The summed E-state index contributed by atoms with van der Waals surface area (Å²) < 4.78 is 8.42. The molecule has 0 saturated heterocycles. The Morgan fingerprint density at radius 1 is 0.339 bits per heavy atom. The van der Waals surface area contributed by atoms with E-state index in [-0.39, 0.29) is 95.9 Å². The number of hydrogen-bond donors (Lipinski definition) is 0. The second-order valence-electron chi connectivity index (χ2n) is 14.0. The maximum Gasteiger partial charge on any atom is 0.175 e. The van der Waals surface area contributed by atoms with E-state index in [4.69, 9.17) is 0 Å². The van der Waals surface area contributed by atoms with E-state index >= 15 is 0 Å². The summed E-state index contributed by atoms with van der Waals surface area (Å²) in [6, 6.07) is 26.9. The van der Waals surface area contributed by atoms with E-state index in [0.29, 0.717) is 0 Å². The summed E-state index contributed by atoms with van der Waals surface area (Å²) in [7, 11) is 8.30. The summed E-state index contributed by atoms with van der Waals surface area (Å²) in [5, 5.41) is 0. The molecule has 0 aliphatic heterocycles. The van der Waals surface area contributed by atoms with Crippen LogP contribution in [-0.2, 0) is 53.9 Å². The normalized spacial score (nSPS) is 12.2. The lowest BCUT2D eigenvalue weighted by Crippen LogP contribution is -3.00. The lowest BCUT2D eigenvalue weighted by atomic mass is 9.86. The Balaban J connectivity index is 0.00000210. The van der Waals surface area contributed by atoms with Crippen LogP contribution in [-0.4, -0.2) is 0 Å². The van der Waals surface area contributed by atoms with Crippen LogP contribution in [0.1, 0.15) is 66.8 Å². The third-order valence-corrected chi connectivity index (χ3v) is 9.80. The van der Waals surface area contributed by atoms with E-state index in [1.54, 1.807) is 0 Å². The molecule has 0 N–H and O–H groups in total. The summed E-state index contributed by atoms with van der Waals surface area (Å²) in [4.78, 5) is 0. The van der Waals surface area contributed by atoms with Gasteiger partial charge in [0.25, 0.3) is 0 Å². The number of pyridine rings is 4. The highest BCUT2D eigenvalue weighted by Crippen LogP contribution is 2.30. The van der Waals surface area contributed by atoms with Gasteiger partial charge in [0.2, 0.25) is 0 Å². The molecule has 2 aromatic carbocycles. The predicted molar refractivity (Wildman–Crippen MR) is 214 cm³/mol. The molecule has 0 fully saturated rings. The van der Waals surface area contributed by atoms with Crippen LogP contribution in [0.25, 0.3) is 48.6 Å². The Morgan fingerprint density at radius 3 is 0.750 bits per heavy atom. The number of benzene rings is 2. The van der Waals surface area contributed by atoms with Gasteiger partial charge in [-0.1, -0.05) is 48.6 Å². The second kappa shape index (κ2) is 22.8. The third-order valence-electron chi connectivity index (χ3n) is 9.80. The molecule has 10 rings (SSSR count). The average molecular weight is 1190 g/mol. The SMILES string of the molecule is C[n+]1cccc(/C=C/c2cc3c(/C=C/c4ccc[n+](C)c4)cc2CCc2cc(/C=C/c4ccc[n+](C)c4)c(cc2/C=C/c2ccc[n+](C)c2)CC3)c1.[I-].[I-].[I-].[I-]. The fourth-order valence-electron chi connectivity index (χ4n) is 7.06. The van der Waals surface area contributed by atoms with Gasteiger partial charge in [-0.25, -0.2) is 18.3 Å². The van der Waals surface area contributed by atoms with Gasteiger partial charge in [-0.2, -0.15) is 0 Å². The first-order valence-electron chi connectivity index (χ1n) is 18.2. The molecule has 288 valence electrons. The van der Waals surface area contributed by atoms with E-state index in [1.807, 2.05) is 0 Å². The molecule has 0 saturated carbocycles. The molecule has 0 atom stereocenters. The molecule has 0 radical (unpaired) electrons. The Morgan fingerprint density at radius 2 is 0.554 bits per heavy atom. The molecule has 0 spiro atoms. The van der Waals surface area contributed by atoms with Crippen molar-refractivity contribution in [2.24, 2.45) is 28.2 Å². The van der Waals surface area contributed by atoms with E-state index in [9.17, 15) is 0 Å². The van der Waals surface area contributed by atoms with Gasteiger partial charge in [-0.05, 0) is 119 Å². The minimum absolute atomic E-state index is 0. The van der Waals surface area contributed by atoms with Crippen molar-refractivity contribution in [3.05, 3.63) is 189 Å². The zero-order valence-electron chi connectivity index (χ0n) is 32.3. The number of halogens is 4. The summed E-state index contributed by atoms with van der Waals surface area (Å²) in [6.45, 7) is 0. The Bertz CT molecular complexity index is 2050. The van der Waals surface area contributed by atoms with Crippen LogP contribution in [0.3, 0.4) is 0 Å². The molecule has 8 heteroatoms. The number of rotatable bonds is 8. The van der Waals surface area contributed by atoms with Crippen molar-refractivity contribution in [2.45, 2.75) is 25.7 Å². The van der Waals surface area contributed by atoms with Gasteiger partial charge in [0.15, 0.2) is 49.6 Å². The number of aryl methyl sites for hydroxylation is 8. The first kappa shape index (κ1) is 47.3. The van der Waals surface area contributed by atoms with Crippen molar-refractivity contribution in [1.82, 2.24) is 0 Å². The molecular formula is C48H48I4N4. The number of aromatic nitrogens is 4. The van der Waals surface area contributed by atoms with Crippen LogP contribution >= 0.6 is 0 Å². The fourth-order valence-corrected chi connectivity index (χ4v) is 7.06. The lowest BCUT2D eigenvalue weighted by molar-refractivity contribution is -0.671. The first-order chi connectivity index (χ1) is 25.3. The van der Waals surface area contributed by atoms with E-state index < -0.39 is 0 Å². The molecule has 56 heavy (non-hydrogen) atoms. The van der Waals surface area contributed by atoms with Gasteiger partial charge in [-0.15, -0.1) is 0 Å². The smallest absolute Gasteiger partial charge is 0.175 e. The van der Waals surface area contributed by atoms with Gasteiger partial charge >= 0.3 is 0 Å². The van der Waals surface area contributed by atoms with Crippen LogP contribution in [0, 0.1) is 0 Å². The van der Waals surface area contributed by atoms with Crippen LogP contribution in [0.5, 0.6) is 0 Å². The second-order valence-corrected chi connectivity index (χ2v) is 14.0. The molecule has 4 aliphatic rings. The van der Waals surface area contributed by atoms with Crippen molar-refractivity contribution in [3.8, 4) is 0 Å². The molecular weight excluding hydrogens is 1140 g/mol. The standard InChI is InChI=1S/C48H48N4.4HI/c1-49-25-5-9-37(33-49)13-17-41-29-46-23-24-48-32-43(19-15-39-11-7-27-51(3)35-39)47(31-44(48)20-16-40-12-8-28-52(4)36-40)22-21-45(41)30-42(46)18-14-38-10-6-26-50(2)34-38;;;;/h5-20,25-36H,21-24H2,1-4H3;4*1H/q+4;;;;/p-4/b17-13+,18-14+,19-15+,20-16+;;;;. The highest BCUT2D eigenvalue weighted by Gasteiger charge is 2.15. The van der Waals surface area contributed by atoms with Gasteiger partial charge < -0.3 is 95.9 Å². The Labute approximate surface area is 401 Å². The number of nitrogens with zero attached hydrogens (tertiary/aromatic N) is 4. The van der Waals surface area contributed by atoms with Gasteiger partial charge in [0.05, 0.1) is 0 Å². The first-order valence-corrected chi connectivity index (χ1v) is 18.2. The summed E-state index contributed by atoms with van der Waals surface area (Å²) in [5.41, 5.74) is 15.4. The van der Waals surface area contributed by atoms with Gasteiger partial charge in [0.1, 0.15) is 28.2 Å². The Kier molecular flexibility index (Phi) is 19.2. The largest absolute Gasteiger partial charge is 1.00 e. The highest BCUT2D eigenvalue weighted by atomic mass is 127. The van der Waals surface area contributed by atoms with E-state index in [2.05, 4.69) is 217 Å². The minimum atomic E-state index is 0. The Hall–Kier alpha value is -3.08. The third kappa shape index (κ3) is 13.0. The maximum absolute atomic E-state index is 2.45. The van der Waals surface area contributed by atoms with Crippen molar-refractivity contribution in [3.63, 3.8) is 0 Å². The summed E-state index contributed by atoms with van der Waals surface area (Å²) in [5.74, 6) is 0. The van der Waals surface area contributed by atoms with Crippen molar-refractivity contribution in [2.75, 3.05) is 0 Å². The highest BCUT2D eigenvalue weighted by molar-refractivity contribution is 5.78. The van der Waals surface area contributed by atoms with Crippen LogP contribution < -0.4 is 114 Å². The predicted octanol–water partition coefficient (Wildman–Crippen LogP) is -4.43. The quantitative estimate of drug-likeness (QED) is 0.108. The molecule has 0 amide bonds. The topological polar surface area (TPSA) is 15.5 Å². The van der Waals surface area contributed by atoms with E-state index in [0.717, 1.165) is 25.7 Å². The van der Waals surface area contributed by atoms with Crippen molar-refractivity contribution < 1.29 is 114 Å². The molecule has 4 aromatic heterocycles. The maximum atomic E-state index is 2.45. The number of hydrogen-bond acceptors (Lipinski definition) is 0. The fraction of sp³-hybridized carbons (Fsp3) is 0.167. The van der Waals surface area contributed by atoms with Gasteiger partial charge in [-0.3, -0.25) is 0 Å². The minimum Gasteiger partial charge on any atom is -1.00 e. The van der Waals surface area contributed by atoms with Crippen LogP contribution in [0.2, 0.25) is 0 Å². The summed E-state index contributed by atoms with van der Waals surface area (Å²) >= 11 is 0. The molecule has 4 heterocycles. The molecule has 4 bridgehead atoms. The van der Waals surface area contributed by atoms with Crippen LogP contribution in [0.15, 0.2) is 122 Å². The monoisotopic (exact) mass is 1190 g/mol.